The van der Waals surface area contributed by atoms with E-state index in [1.54, 1.807) is 45.0 Å². The third kappa shape index (κ3) is 4.62. The normalized spacial score (nSPS) is 16.1. The quantitative estimate of drug-likeness (QED) is 0.709. The number of hydrogen-bond donors (Lipinski definition) is 1. The van der Waals surface area contributed by atoms with Crippen LogP contribution >= 0.6 is 0 Å². The Morgan fingerprint density at radius 2 is 1.82 bits per heavy atom. The zero-order valence-electron chi connectivity index (χ0n) is 16.0. The number of esters is 2. The van der Waals surface area contributed by atoms with E-state index >= 15 is 0 Å². The number of benzene rings is 1. The van der Waals surface area contributed by atoms with E-state index in [1.165, 1.54) is 0 Å². The molecular weight excluding hydrogens is 364 g/mol. The van der Waals surface area contributed by atoms with Gasteiger partial charge in [-0.1, -0.05) is 12.1 Å². The molecule has 0 spiro atoms. The first-order valence-corrected chi connectivity index (χ1v) is 8.76. The van der Waals surface area contributed by atoms with Gasteiger partial charge in [-0.25, -0.2) is 9.59 Å². The lowest BCUT2D eigenvalue weighted by Crippen LogP contribution is -2.25. The van der Waals surface area contributed by atoms with Crippen molar-refractivity contribution in [1.29, 1.82) is 5.26 Å². The van der Waals surface area contributed by atoms with Crippen molar-refractivity contribution in [1.82, 2.24) is 0 Å². The number of rotatable bonds is 7. The molecule has 0 amide bonds. The fourth-order valence-electron chi connectivity index (χ4n) is 2.79. The fourth-order valence-corrected chi connectivity index (χ4v) is 2.79. The molecule has 0 radical (unpaired) electrons. The van der Waals surface area contributed by atoms with Crippen LogP contribution in [0.4, 0.5) is 0 Å². The molecule has 1 heterocycles. The van der Waals surface area contributed by atoms with E-state index in [1.807, 2.05) is 6.07 Å². The largest absolute Gasteiger partial charge is 0.482 e. The molecule has 8 heteroatoms. The number of carbonyl (C=O) groups excluding carboxylic acids is 2. The topological polar surface area (TPSA) is 121 Å². The van der Waals surface area contributed by atoms with Gasteiger partial charge in [0.05, 0.1) is 24.7 Å². The van der Waals surface area contributed by atoms with Gasteiger partial charge in [0.15, 0.2) is 6.61 Å². The number of hydrogen-bond acceptors (Lipinski definition) is 8. The number of nitriles is 1. The summed E-state index contributed by atoms with van der Waals surface area (Å²) in [7, 11) is 0. The van der Waals surface area contributed by atoms with Gasteiger partial charge in [-0.3, -0.25) is 0 Å². The van der Waals surface area contributed by atoms with E-state index in [-0.39, 0.29) is 42.6 Å². The lowest BCUT2D eigenvalue weighted by Gasteiger charge is -2.26. The smallest absolute Gasteiger partial charge is 0.344 e. The van der Waals surface area contributed by atoms with Crippen LogP contribution in [0.1, 0.15) is 32.3 Å². The van der Waals surface area contributed by atoms with E-state index in [4.69, 9.17) is 24.7 Å². The molecule has 1 aromatic carbocycles. The van der Waals surface area contributed by atoms with Gasteiger partial charge < -0.3 is 24.7 Å². The van der Waals surface area contributed by atoms with Gasteiger partial charge in [0.25, 0.3) is 0 Å². The van der Waals surface area contributed by atoms with E-state index in [9.17, 15) is 14.9 Å². The van der Waals surface area contributed by atoms with Crippen molar-refractivity contribution >= 4 is 11.9 Å². The molecular formula is C20H22N2O6. The minimum Gasteiger partial charge on any atom is -0.482 e. The summed E-state index contributed by atoms with van der Waals surface area (Å²) in [4.78, 5) is 23.8. The molecule has 1 aliphatic heterocycles. The number of ether oxygens (including phenoxy) is 4. The number of nitrogens with zero attached hydrogens (tertiary/aromatic N) is 1. The summed E-state index contributed by atoms with van der Waals surface area (Å²) in [6.45, 7) is 5.24. The van der Waals surface area contributed by atoms with Crippen molar-refractivity contribution < 1.29 is 28.5 Å². The molecule has 1 aromatic rings. The van der Waals surface area contributed by atoms with Gasteiger partial charge in [0.1, 0.15) is 23.2 Å². The molecule has 0 aromatic heterocycles. The minimum absolute atomic E-state index is 0.0549. The number of nitrogens with two attached hydrogens (primary N) is 1. The second kappa shape index (κ2) is 9.46. The standard InChI is InChI=1S/C20H22N2O6/c1-4-25-16(23)11-27-14-8-6-13(7-9-14)18-15(10-21)19(22)28-12(3)17(18)20(24)26-5-2/h6-9,18H,4-5,11,22H2,1-3H3. The third-order valence-corrected chi connectivity index (χ3v) is 3.98. The first-order chi connectivity index (χ1) is 13.4. The average Bonchev–Trinajstić information content (AvgIpc) is 2.66. The van der Waals surface area contributed by atoms with Crippen molar-refractivity contribution in [2.24, 2.45) is 5.73 Å². The maximum atomic E-state index is 12.5. The van der Waals surface area contributed by atoms with Gasteiger partial charge in [0, 0.05) is 0 Å². The van der Waals surface area contributed by atoms with Crippen LogP contribution in [0.15, 0.2) is 47.1 Å². The van der Waals surface area contributed by atoms with Gasteiger partial charge in [-0.2, -0.15) is 5.26 Å². The van der Waals surface area contributed by atoms with E-state index in [0.717, 1.165) is 0 Å². The Balaban J connectivity index is 2.32. The van der Waals surface area contributed by atoms with Gasteiger partial charge in [-0.05, 0) is 38.5 Å². The lowest BCUT2D eigenvalue weighted by molar-refractivity contribution is -0.145. The highest BCUT2D eigenvalue weighted by atomic mass is 16.6. The highest BCUT2D eigenvalue weighted by molar-refractivity contribution is 5.92. The molecule has 148 valence electrons. The van der Waals surface area contributed by atoms with Crippen LogP contribution in [-0.2, 0) is 23.8 Å². The summed E-state index contributed by atoms with van der Waals surface area (Å²) >= 11 is 0. The van der Waals surface area contributed by atoms with Crippen LogP contribution in [0, 0.1) is 11.3 Å². The highest BCUT2D eigenvalue weighted by Crippen LogP contribution is 2.39. The van der Waals surface area contributed by atoms with Crippen LogP contribution in [-0.4, -0.2) is 31.8 Å². The SMILES string of the molecule is CCOC(=O)COc1ccc(C2C(C#N)=C(N)OC(C)=C2C(=O)OCC)cc1. The second-order valence-electron chi connectivity index (χ2n) is 5.78. The molecule has 0 fully saturated rings. The molecule has 1 aliphatic rings. The van der Waals surface area contributed by atoms with Crippen molar-refractivity contribution in [3.63, 3.8) is 0 Å². The van der Waals surface area contributed by atoms with Crippen molar-refractivity contribution in [3.05, 3.63) is 52.6 Å². The maximum Gasteiger partial charge on any atom is 0.344 e. The molecule has 28 heavy (non-hydrogen) atoms. The van der Waals surface area contributed by atoms with Gasteiger partial charge in [-0.15, -0.1) is 0 Å². The molecule has 0 aliphatic carbocycles. The van der Waals surface area contributed by atoms with Crippen LogP contribution in [0.25, 0.3) is 0 Å². The first-order valence-electron chi connectivity index (χ1n) is 8.76. The van der Waals surface area contributed by atoms with E-state index in [0.29, 0.717) is 11.3 Å². The fraction of sp³-hybridized carbons (Fsp3) is 0.350. The summed E-state index contributed by atoms with van der Waals surface area (Å²) in [6.07, 6.45) is 0. The second-order valence-corrected chi connectivity index (χ2v) is 5.78. The Morgan fingerprint density at radius 3 is 2.39 bits per heavy atom. The lowest BCUT2D eigenvalue weighted by atomic mass is 9.83. The molecule has 8 nitrogen and oxygen atoms in total. The van der Waals surface area contributed by atoms with Gasteiger partial charge >= 0.3 is 11.9 Å². The zero-order chi connectivity index (χ0) is 20.7. The average molecular weight is 386 g/mol. The third-order valence-electron chi connectivity index (χ3n) is 3.98. The molecule has 2 rings (SSSR count). The first kappa shape index (κ1) is 20.8. The predicted molar refractivity (Wildman–Crippen MR) is 98.6 cm³/mol. The molecule has 1 unspecified atom stereocenters. The van der Waals surface area contributed by atoms with Crippen molar-refractivity contribution in [2.45, 2.75) is 26.7 Å². The summed E-state index contributed by atoms with van der Waals surface area (Å²) in [6, 6.07) is 8.65. The Labute approximate surface area is 163 Å². The molecule has 0 bridgehead atoms. The Hall–Kier alpha value is -3.47. The Kier molecular flexibility index (Phi) is 7.04. The van der Waals surface area contributed by atoms with Crippen LogP contribution in [0.2, 0.25) is 0 Å². The van der Waals surface area contributed by atoms with E-state index < -0.39 is 17.9 Å². The summed E-state index contributed by atoms with van der Waals surface area (Å²) < 4.78 is 20.7. The van der Waals surface area contributed by atoms with Crippen LogP contribution in [0.5, 0.6) is 5.75 Å². The monoisotopic (exact) mass is 386 g/mol. The van der Waals surface area contributed by atoms with Crippen molar-refractivity contribution in [2.75, 3.05) is 19.8 Å². The summed E-state index contributed by atoms with van der Waals surface area (Å²) in [5, 5.41) is 9.54. The number of carbonyl (C=O) groups is 2. The summed E-state index contributed by atoms with van der Waals surface area (Å²) in [5.41, 5.74) is 6.82. The summed E-state index contributed by atoms with van der Waals surface area (Å²) in [5.74, 6) is -1.10. The Bertz CT molecular complexity index is 848. The van der Waals surface area contributed by atoms with Crippen molar-refractivity contribution in [3.8, 4) is 11.8 Å². The number of allylic oxidation sites excluding steroid dienone is 2. The maximum absolute atomic E-state index is 12.5. The molecule has 1 atom stereocenters. The zero-order valence-corrected chi connectivity index (χ0v) is 16.0. The Morgan fingerprint density at radius 1 is 1.18 bits per heavy atom. The molecule has 0 saturated carbocycles. The predicted octanol–water partition coefficient (Wildman–Crippen LogP) is 2.27. The van der Waals surface area contributed by atoms with Crippen LogP contribution in [0.3, 0.4) is 0 Å². The molecule has 0 saturated heterocycles. The van der Waals surface area contributed by atoms with E-state index in [2.05, 4.69) is 0 Å². The van der Waals surface area contributed by atoms with Gasteiger partial charge in [0.2, 0.25) is 5.88 Å². The van der Waals surface area contributed by atoms with Crippen LogP contribution < -0.4 is 10.5 Å². The molecule has 2 N–H and O–H groups in total. The highest BCUT2D eigenvalue weighted by Gasteiger charge is 2.36. The minimum atomic E-state index is -0.725.